The van der Waals surface area contributed by atoms with E-state index in [0.717, 1.165) is 28.8 Å². The van der Waals surface area contributed by atoms with Crippen LogP contribution in [-0.2, 0) is 19.1 Å². The molecule has 1 N–H and O–H groups in total. The number of hydrogen-bond acceptors (Lipinski definition) is 3. The van der Waals surface area contributed by atoms with Gasteiger partial charge in [0.25, 0.3) is 5.91 Å². The second-order valence-electron chi connectivity index (χ2n) is 10.1. The Morgan fingerprint density at radius 2 is 1.66 bits per heavy atom. The van der Waals surface area contributed by atoms with Gasteiger partial charge in [-0.2, -0.15) is 13.2 Å². The van der Waals surface area contributed by atoms with Crippen molar-refractivity contribution in [3.05, 3.63) is 130 Å². The molecule has 1 amide bonds. The molecule has 5 nitrogen and oxygen atoms in total. The molecule has 0 radical (unpaired) electrons. The lowest BCUT2D eigenvalue weighted by molar-refractivity contribution is -0.137. The molecule has 206 valence electrons. The number of halogens is 3. The van der Waals surface area contributed by atoms with Crippen LogP contribution in [-0.4, -0.2) is 10.9 Å². The minimum atomic E-state index is -4.37. The van der Waals surface area contributed by atoms with Crippen LogP contribution in [0.25, 0.3) is 27.4 Å². The van der Waals surface area contributed by atoms with E-state index in [1.54, 1.807) is 36.4 Å². The van der Waals surface area contributed by atoms with Crippen LogP contribution in [0.15, 0.2) is 89.3 Å². The van der Waals surface area contributed by atoms with Gasteiger partial charge in [0.2, 0.25) is 5.89 Å². The van der Waals surface area contributed by atoms with E-state index in [1.807, 2.05) is 44.2 Å². The molecule has 4 aromatic carbocycles. The van der Waals surface area contributed by atoms with Crippen LogP contribution in [0.5, 0.6) is 0 Å². The summed E-state index contributed by atoms with van der Waals surface area (Å²) in [5, 5.41) is 2.89. The summed E-state index contributed by atoms with van der Waals surface area (Å²) in [5.41, 5.74) is 5.57. The van der Waals surface area contributed by atoms with E-state index in [4.69, 9.17) is 11.0 Å². The summed E-state index contributed by atoms with van der Waals surface area (Å²) in [6, 6.07) is 23.2. The van der Waals surface area contributed by atoms with E-state index >= 15 is 0 Å². The van der Waals surface area contributed by atoms with Crippen molar-refractivity contribution >= 4 is 22.7 Å². The fraction of sp³-hybridized carbons (Fsp3) is 0.182. The van der Waals surface area contributed by atoms with Crippen LogP contribution >= 0.6 is 0 Å². The normalized spacial score (nSPS) is 11.5. The van der Waals surface area contributed by atoms with E-state index in [1.165, 1.54) is 6.07 Å². The molecule has 0 unspecified atom stereocenters. The second kappa shape index (κ2) is 11.3. The minimum absolute atomic E-state index is 0.164. The van der Waals surface area contributed by atoms with Gasteiger partial charge in [0.1, 0.15) is 0 Å². The highest BCUT2D eigenvalue weighted by atomic mass is 19.4. The van der Waals surface area contributed by atoms with E-state index in [2.05, 4.69) is 15.1 Å². The highest BCUT2D eigenvalue weighted by Crippen LogP contribution is 2.34. The standard InChI is InChI=1S/C33H26F3N3O2/c1-20(2)28-17-27(37-3)18-29-30(28)41-32(39-29)25-13-11-24(12-14-25)31(40)38-19-22-9-7-21(8-10-22)15-23-5-4-6-26(16-23)33(34,35)36/h4-14,16-18,20H,15,19H2,1-2H3,(H,38,40). The number of alkyl halides is 3. The van der Waals surface area contributed by atoms with Crippen LogP contribution in [0.3, 0.4) is 0 Å². The fourth-order valence-corrected chi connectivity index (χ4v) is 4.58. The number of aromatic nitrogens is 1. The number of carbonyl (C=O) groups excluding carboxylic acids is 1. The first-order valence-corrected chi connectivity index (χ1v) is 13.1. The number of oxazole rings is 1. The predicted molar refractivity (Wildman–Crippen MR) is 152 cm³/mol. The molecule has 41 heavy (non-hydrogen) atoms. The zero-order valence-corrected chi connectivity index (χ0v) is 22.4. The van der Waals surface area contributed by atoms with Gasteiger partial charge < -0.3 is 9.73 Å². The maximum Gasteiger partial charge on any atom is 0.416 e. The van der Waals surface area contributed by atoms with Crippen molar-refractivity contribution in [1.29, 1.82) is 0 Å². The van der Waals surface area contributed by atoms with Gasteiger partial charge in [-0.25, -0.2) is 9.83 Å². The Morgan fingerprint density at radius 3 is 2.32 bits per heavy atom. The lowest BCUT2D eigenvalue weighted by Crippen LogP contribution is -2.22. The van der Waals surface area contributed by atoms with Crippen LogP contribution in [0.4, 0.5) is 18.9 Å². The average molecular weight is 554 g/mol. The van der Waals surface area contributed by atoms with Crippen LogP contribution < -0.4 is 5.32 Å². The van der Waals surface area contributed by atoms with Crippen molar-refractivity contribution < 1.29 is 22.4 Å². The summed E-state index contributed by atoms with van der Waals surface area (Å²) in [4.78, 5) is 20.9. The molecule has 0 aliphatic rings. The first kappa shape index (κ1) is 27.7. The van der Waals surface area contributed by atoms with Gasteiger partial charge >= 0.3 is 6.18 Å². The molecular weight excluding hydrogens is 527 g/mol. The summed E-state index contributed by atoms with van der Waals surface area (Å²) in [6.45, 7) is 11.7. The molecule has 8 heteroatoms. The van der Waals surface area contributed by atoms with E-state index in [9.17, 15) is 18.0 Å². The maximum absolute atomic E-state index is 13.0. The zero-order valence-electron chi connectivity index (χ0n) is 22.4. The molecular formula is C33H26F3N3O2. The third-order valence-corrected chi connectivity index (χ3v) is 6.79. The van der Waals surface area contributed by atoms with Gasteiger partial charge in [-0.15, -0.1) is 0 Å². The summed E-state index contributed by atoms with van der Waals surface area (Å²) < 4.78 is 45.0. The molecule has 0 spiro atoms. The highest BCUT2D eigenvalue weighted by molar-refractivity contribution is 5.94. The van der Waals surface area contributed by atoms with Gasteiger partial charge in [-0.1, -0.05) is 56.3 Å². The van der Waals surface area contributed by atoms with Gasteiger partial charge in [-0.05, 0) is 77.1 Å². The quantitative estimate of drug-likeness (QED) is 0.205. The Balaban J connectivity index is 1.22. The Kier molecular flexibility index (Phi) is 7.62. The molecule has 0 bridgehead atoms. The average Bonchev–Trinajstić information content (AvgIpc) is 3.40. The highest BCUT2D eigenvalue weighted by Gasteiger charge is 2.30. The molecule has 5 rings (SSSR count). The molecule has 0 aliphatic carbocycles. The molecule has 5 aromatic rings. The predicted octanol–water partition coefficient (Wildman–Crippen LogP) is 8.71. The minimum Gasteiger partial charge on any atom is -0.436 e. The first-order chi connectivity index (χ1) is 19.6. The summed E-state index contributed by atoms with van der Waals surface area (Å²) in [5.74, 6) is 0.338. The van der Waals surface area contributed by atoms with E-state index in [-0.39, 0.29) is 11.8 Å². The number of hydrogen-bond donors (Lipinski definition) is 1. The number of carbonyl (C=O) groups is 1. The van der Waals surface area contributed by atoms with Gasteiger partial charge in [0.15, 0.2) is 11.3 Å². The molecule has 0 saturated carbocycles. The van der Waals surface area contributed by atoms with E-state index < -0.39 is 11.7 Å². The van der Waals surface area contributed by atoms with Crippen molar-refractivity contribution in [2.75, 3.05) is 0 Å². The molecule has 0 atom stereocenters. The summed E-state index contributed by atoms with van der Waals surface area (Å²) in [7, 11) is 0. The number of benzene rings is 4. The number of nitrogens with zero attached hydrogens (tertiary/aromatic N) is 2. The maximum atomic E-state index is 13.0. The van der Waals surface area contributed by atoms with E-state index in [0.29, 0.717) is 52.3 Å². The number of nitrogens with one attached hydrogen (secondary N) is 1. The Labute approximate surface area is 235 Å². The van der Waals surface area contributed by atoms with Gasteiger partial charge in [0, 0.05) is 17.7 Å². The number of amides is 1. The number of fused-ring (bicyclic) bond motifs is 1. The van der Waals surface area contributed by atoms with Crippen LogP contribution in [0, 0.1) is 6.57 Å². The molecule has 1 heterocycles. The second-order valence-corrected chi connectivity index (χ2v) is 10.1. The van der Waals surface area contributed by atoms with Crippen molar-refractivity contribution in [3.8, 4) is 11.5 Å². The lowest BCUT2D eigenvalue weighted by atomic mass is 10.0. The monoisotopic (exact) mass is 553 g/mol. The van der Waals surface area contributed by atoms with Crippen molar-refractivity contribution in [3.63, 3.8) is 0 Å². The SMILES string of the molecule is [C-]#[N+]c1cc(C(C)C)c2oc(-c3ccc(C(=O)NCc4ccc(Cc5cccc(C(F)(F)F)c5)cc4)cc3)nc2c1. The third kappa shape index (κ3) is 6.30. The molecule has 0 saturated heterocycles. The van der Waals surface area contributed by atoms with Crippen molar-refractivity contribution in [2.45, 2.75) is 38.9 Å². The largest absolute Gasteiger partial charge is 0.436 e. The first-order valence-electron chi connectivity index (χ1n) is 13.1. The molecule has 0 aliphatic heterocycles. The van der Waals surface area contributed by atoms with Crippen molar-refractivity contribution in [2.24, 2.45) is 0 Å². The van der Waals surface area contributed by atoms with Crippen LogP contribution in [0.1, 0.15) is 57.9 Å². The third-order valence-electron chi connectivity index (χ3n) is 6.79. The fourth-order valence-electron chi connectivity index (χ4n) is 4.58. The smallest absolute Gasteiger partial charge is 0.416 e. The Hall–Kier alpha value is -4.90. The zero-order chi connectivity index (χ0) is 29.1. The molecule has 1 aromatic heterocycles. The summed E-state index contributed by atoms with van der Waals surface area (Å²) >= 11 is 0. The van der Waals surface area contributed by atoms with Gasteiger partial charge in [0.05, 0.1) is 17.7 Å². The van der Waals surface area contributed by atoms with Crippen molar-refractivity contribution in [1.82, 2.24) is 10.3 Å². The van der Waals surface area contributed by atoms with Crippen LogP contribution in [0.2, 0.25) is 0 Å². The Morgan fingerprint density at radius 1 is 0.951 bits per heavy atom. The van der Waals surface area contributed by atoms with Gasteiger partial charge in [-0.3, -0.25) is 4.79 Å². The summed E-state index contributed by atoms with van der Waals surface area (Å²) in [6.07, 6.45) is -3.99. The topological polar surface area (TPSA) is 59.5 Å². The number of rotatable bonds is 7. The Bertz CT molecular complexity index is 1750. The lowest BCUT2D eigenvalue weighted by Gasteiger charge is -2.10. The molecule has 0 fully saturated rings.